The quantitative estimate of drug-likeness (QED) is 0.255. The number of ether oxygens (including phenoxy) is 2. The Labute approximate surface area is 204 Å². The highest BCUT2D eigenvalue weighted by molar-refractivity contribution is 6.15. The summed E-state index contributed by atoms with van der Waals surface area (Å²) in [6, 6.07) is 18.8. The van der Waals surface area contributed by atoms with Gasteiger partial charge < -0.3 is 24.5 Å². The van der Waals surface area contributed by atoms with Crippen LogP contribution in [0.1, 0.15) is 36.8 Å². The van der Waals surface area contributed by atoms with Gasteiger partial charge in [0.1, 0.15) is 17.4 Å². The monoisotopic (exact) mass is 472 g/mol. The first-order valence-electron chi connectivity index (χ1n) is 11.3. The van der Waals surface area contributed by atoms with Crippen molar-refractivity contribution in [2.75, 3.05) is 10.6 Å². The fraction of sp³-hybridized carbons (Fsp3) is 0.214. The van der Waals surface area contributed by atoms with Gasteiger partial charge in [-0.2, -0.15) is 0 Å². The zero-order valence-electron chi connectivity index (χ0n) is 20.1. The van der Waals surface area contributed by atoms with E-state index in [9.17, 15) is 9.59 Å². The highest BCUT2D eigenvalue weighted by Crippen LogP contribution is 2.31. The lowest BCUT2D eigenvalue weighted by Gasteiger charge is -2.30. The Morgan fingerprint density at radius 1 is 0.857 bits per heavy atom. The molecule has 1 aliphatic rings. The molecular weight excluding hydrogens is 444 g/mol. The molecule has 1 aliphatic heterocycles. The second-order valence-corrected chi connectivity index (χ2v) is 8.85. The van der Waals surface area contributed by atoms with Gasteiger partial charge in [0.25, 0.3) is 5.79 Å². The van der Waals surface area contributed by atoms with Crippen molar-refractivity contribution in [3.63, 3.8) is 0 Å². The van der Waals surface area contributed by atoms with E-state index in [4.69, 9.17) is 13.9 Å². The number of anilines is 2. The minimum absolute atomic E-state index is 0.205. The predicted octanol–water partition coefficient (Wildman–Crippen LogP) is 5.81. The van der Waals surface area contributed by atoms with Gasteiger partial charge in [-0.25, -0.2) is 9.59 Å². The van der Waals surface area contributed by atoms with Crippen molar-refractivity contribution in [1.29, 1.82) is 0 Å². The van der Waals surface area contributed by atoms with Gasteiger partial charge in [0.2, 0.25) is 0 Å². The summed E-state index contributed by atoms with van der Waals surface area (Å²) in [7, 11) is 0. The molecule has 1 saturated heterocycles. The summed E-state index contributed by atoms with van der Waals surface area (Å²) in [4.78, 5) is 25.4. The average Bonchev–Trinajstić information content (AvgIpc) is 3.33. The lowest BCUT2D eigenvalue weighted by atomic mass is 10.0. The van der Waals surface area contributed by atoms with Crippen LogP contribution in [0.15, 0.2) is 94.8 Å². The van der Waals surface area contributed by atoms with E-state index in [0.717, 1.165) is 22.5 Å². The summed E-state index contributed by atoms with van der Waals surface area (Å²) in [6.07, 6.45) is 4.77. The Hall–Kier alpha value is -4.26. The Kier molecular flexibility index (Phi) is 6.78. The second-order valence-electron chi connectivity index (χ2n) is 8.85. The third-order valence-corrected chi connectivity index (χ3v) is 5.41. The van der Waals surface area contributed by atoms with Crippen LogP contribution in [0.2, 0.25) is 0 Å². The molecule has 2 aromatic carbocycles. The molecule has 0 unspecified atom stereocenters. The third-order valence-electron chi connectivity index (χ3n) is 5.41. The normalized spacial score (nSPS) is 16.2. The largest absolute Gasteiger partial charge is 0.467 e. The second kappa shape index (κ2) is 9.93. The van der Waals surface area contributed by atoms with Crippen LogP contribution in [-0.4, -0.2) is 17.7 Å². The summed E-state index contributed by atoms with van der Waals surface area (Å²) < 4.78 is 16.3. The molecule has 0 amide bonds. The highest BCUT2D eigenvalue weighted by Gasteiger charge is 2.39. The number of cyclic esters (lactones) is 2. The molecule has 7 heteroatoms. The summed E-state index contributed by atoms with van der Waals surface area (Å²) in [5.41, 5.74) is 4.29. The molecule has 0 aliphatic carbocycles. The number of carbonyl (C=O) groups is 2. The van der Waals surface area contributed by atoms with Crippen molar-refractivity contribution in [2.24, 2.45) is 0 Å². The van der Waals surface area contributed by atoms with E-state index in [-0.39, 0.29) is 5.57 Å². The Morgan fingerprint density at radius 3 is 1.97 bits per heavy atom. The molecule has 3 aromatic rings. The van der Waals surface area contributed by atoms with Gasteiger partial charge in [-0.05, 0) is 61.9 Å². The van der Waals surface area contributed by atoms with Crippen molar-refractivity contribution in [1.82, 2.24) is 0 Å². The summed E-state index contributed by atoms with van der Waals surface area (Å²) in [6.45, 7) is 7.05. The Balaban J connectivity index is 1.76. The number of hydrogen-bond donors (Lipinski definition) is 2. The van der Waals surface area contributed by atoms with E-state index in [0.29, 0.717) is 11.3 Å². The summed E-state index contributed by atoms with van der Waals surface area (Å²) in [5.74, 6) is -2.23. The van der Waals surface area contributed by atoms with Crippen LogP contribution in [0.5, 0.6) is 0 Å². The molecule has 0 spiro atoms. The van der Waals surface area contributed by atoms with Gasteiger partial charge >= 0.3 is 11.9 Å². The highest BCUT2D eigenvalue weighted by atomic mass is 16.7. The number of aryl methyl sites for hydroxylation is 2. The zero-order chi connectivity index (χ0) is 25.0. The molecule has 0 bridgehead atoms. The van der Waals surface area contributed by atoms with Crippen molar-refractivity contribution >= 4 is 23.3 Å². The van der Waals surface area contributed by atoms with Crippen LogP contribution >= 0.6 is 0 Å². The van der Waals surface area contributed by atoms with Crippen LogP contribution < -0.4 is 10.6 Å². The maximum Gasteiger partial charge on any atom is 0.348 e. The summed E-state index contributed by atoms with van der Waals surface area (Å²) >= 11 is 0. The van der Waals surface area contributed by atoms with Crippen LogP contribution in [0.4, 0.5) is 11.4 Å². The molecule has 180 valence electrons. The van der Waals surface area contributed by atoms with Crippen LogP contribution in [0, 0.1) is 13.8 Å². The number of benzene rings is 2. The molecule has 7 nitrogen and oxygen atoms in total. The van der Waals surface area contributed by atoms with E-state index >= 15 is 0 Å². The van der Waals surface area contributed by atoms with Gasteiger partial charge in [0, 0.05) is 31.4 Å². The smallest absolute Gasteiger partial charge is 0.348 e. The van der Waals surface area contributed by atoms with E-state index in [1.807, 2.05) is 68.4 Å². The van der Waals surface area contributed by atoms with Gasteiger partial charge in [0.15, 0.2) is 0 Å². The molecule has 1 aromatic heterocycles. The average molecular weight is 473 g/mol. The van der Waals surface area contributed by atoms with Gasteiger partial charge in [-0.15, -0.1) is 0 Å². The Bertz CT molecular complexity index is 1230. The fourth-order valence-electron chi connectivity index (χ4n) is 3.56. The van der Waals surface area contributed by atoms with E-state index in [2.05, 4.69) is 10.6 Å². The first-order chi connectivity index (χ1) is 16.7. The molecule has 2 heterocycles. The number of esters is 2. The van der Waals surface area contributed by atoms with Crippen molar-refractivity contribution in [3.8, 4) is 0 Å². The minimum Gasteiger partial charge on any atom is -0.467 e. The van der Waals surface area contributed by atoms with Crippen LogP contribution in [0.25, 0.3) is 0 Å². The lowest BCUT2D eigenvalue weighted by molar-refractivity contribution is -0.222. The lowest BCUT2D eigenvalue weighted by Crippen LogP contribution is -2.42. The molecule has 1 atom stereocenters. The number of nitrogens with one attached hydrogen (secondary N) is 2. The predicted molar refractivity (Wildman–Crippen MR) is 133 cm³/mol. The van der Waals surface area contributed by atoms with Crippen molar-refractivity contribution in [2.45, 2.75) is 39.5 Å². The van der Waals surface area contributed by atoms with E-state index < -0.39 is 23.8 Å². The van der Waals surface area contributed by atoms with E-state index in [1.54, 1.807) is 18.5 Å². The van der Waals surface area contributed by atoms with Gasteiger partial charge in [0.05, 0.1) is 6.26 Å². The maximum atomic E-state index is 12.7. The van der Waals surface area contributed by atoms with E-state index in [1.165, 1.54) is 19.9 Å². The molecule has 0 radical (unpaired) electrons. The van der Waals surface area contributed by atoms with Crippen molar-refractivity contribution in [3.05, 3.63) is 107 Å². The number of hydrogen-bond acceptors (Lipinski definition) is 7. The molecule has 0 saturated carbocycles. The molecular formula is C28H28N2O5. The number of furan rings is 1. The van der Waals surface area contributed by atoms with Crippen LogP contribution in [0.3, 0.4) is 0 Å². The zero-order valence-corrected chi connectivity index (χ0v) is 20.1. The fourth-order valence-corrected chi connectivity index (χ4v) is 3.56. The first-order valence-corrected chi connectivity index (χ1v) is 11.3. The van der Waals surface area contributed by atoms with Gasteiger partial charge in [-0.3, -0.25) is 0 Å². The minimum atomic E-state index is -1.32. The maximum absolute atomic E-state index is 12.7. The van der Waals surface area contributed by atoms with Gasteiger partial charge in [-0.1, -0.05) is 35.4 Å². The topological polar surface area (TPSA) is 89.8 Å². The molecule has 35 heavy (non-hydrogen) atoms. The Morgan fingerprint density at radius 2 is 1.43 bits per heavy atom. The summed E-state index contributed by atoms with van der Waals surface area (Å²) in [5, 5.41) is 6.69. The third kappa shape index (κ3) is 6.00. The number of carbonyl (C=O) groups excluding carboxylic acids is 2. The first kappa shape index (κ1) is 23.9. The molecule has 1 fully saturated rings. The molecule has 2 N–H and O–H groups in total. The standard InChI is InChI=1S/C28H28N2O5/c1-18-7-11-21(12-8-18)29-17-20(16-23-26(31)34-28(3,4)35-27(23)32)25(24-6-5-15-33-24)30-22-13-9-19(2)10-14-22/h5-17,25,29-30H,1-4H3/b20-17+/t25-/m1/s1. The van der Waals surface area contributed by atoms with Crippen LogP contribution in [-0.2, 0) is 19.1 Å². The molecule has 4 rings (SSSR count). The number of rotatable bonds is 7. The van der Waals surface area contributed by atoms with Crippen molar-refractivity contribution < 1.29 is 23.5 Å². The SMILES string of the molecule is Cc1ccc(N/C=C(\C=C2C(=O)OC(C)(C)OC2=O)[C@@H](Nc2ccc(C)cc2)c2ccco2)cc1.